The lowest BCUT2D eigenvalue weighted by Gasteiger charge is -2.33. The van der Waals surface area contributed by atoms with Crippen LogP contribution in [0.25, 0.3) is 23.1 Å². The van der Waals surface area contributed by atoms with Crippen molar-refractivity contribution in [3.05, 3.63) is 123 Å². The number of nitrogens with two attached hydrogens (primary N) is 1. The monoisotopic (exact) mass is 798 g/mol. The van der Waals surface area contributed by atoms with E-state index in [1.807, 2.05) is 18.2 Å². The molecule has 2 N–H and O–H groups in total. The van der Waals surface area contributed by atoms with Crippen molar-refractivity contribution in [2.45, 2.75) is 25.3 Å². The Morgan fingerprint density at radius 1 is 0.759 bits per heavy atom. The van der Waals surface area contributed by atoms with E-state index in [9.17, 15) is 14.4 Å². The van der Waals surface area contributed by atoms with Crippen LogP contribution in [0.5, 0.6) is 23.1 Å². The van der Waals surface area contributed by atoms with E-state index < -0.39 is 5.91 Å². The van der Waals surface area contributed by atoms with E-state index in [4.69, 9.17) is 34.2 Å². The molecule has 0 bridgehead atoms. The molecule has 1 aromatic carbocycles. The van der Waals surface area contributed by atoms with Crippen LogP contribution < -0.4 is 35.8 Å². The summed E-state index contributed by atoms with van der Waals surface area (Å²) in [6, 6.07) is 13.4. The topological polar surface area (TPSA) is 164 Å². The van der Waals surface area contributed by atoms with Gasteiger partial charge in [-0.3, -0.25) is 14.4 Å². The third-order valence-corrected chi connectivity index (χ3v) is 9.74. The van der Waals surface area contributed by atoms with Gasteiger partial charge in [0.2, 0.25) is 11.8 Å². The van der Waals surface area contributed by atoms with Gasteiger partial charge in [0.05, 0.1) is 71.9 Å². The van der Waals surface area contributed by atoms with Crippen LogP contribution in [0.3, 0.4) is 0 Å². The van der Waals surface area contributed by atoms with E-state index in [-0.39, 0.29) is 11.1 Å². The summed E-state index contributed by atoms with van der Waals surface area (Å²) in [7, 11) is 12.8. The summed E-state index contributed by atoms with van der Waals surface area (Å²) in [6.07, 6.45) is 16.2. The molecule has 0 atom stereocenters. The number of benzene rings is 1. The van der Waals surface area contributed by atoms with Crippen molar-refractivity contribution in [2.24, 2.45) is 19.8 Å². The Morgan fingerprint density at radius 2 is 1.36 bits per heavy atom. The first-order valence-electron chi connectivity index (χ1n) is 18.6. The maximum Gasteiger partial charge on any atom is 0.261 e. The summed E-state index contributed by atoms with van der Waals surface area (Å²) >= 11 is 0. The zero-order valence-electron chi connectivity index (χ0n) is 34.5. The minimum Gasteiger partial charge on any atom is -0.504 e. The minimum absolute atomic E-state index is 0.00769. The lowest BCUT2D eigenvalue weighted by atomic mass is 10.0. The molecule has 0 spiro atoms. The number of fused-ring (bicyclic) bond motifs is 1. The van der Waals surface area contributed by atoms with Gasteiger partial charge in [-0.1, -0.05) is 6.07 Å². The van der Waals surface area contributed by atoms with Crippen molar-refractivity contribution < 1.29 is 33.2 Å². The Bertz CT molecular complexity index is 2280. The molecule has 310 valence electrons. The van der Waals surface area contributed by atoms with Crippen LogP contribution >= 0.6 is 0 Å². The Hall–Kier alpha value is -6.48. The summed E-state index contributed by atoms with van der Waals surface area (Å²) < 4.78 is 35.6. The van der Waals surface area contributed by atoms with Gasteiger partial charge in [0.25, 0.3) is 11.1 Å². The molecule has 15 nitrogen and oxygen atoms in total. The first-order chi connectivity index (χ1) is 28.0. The molecule has 0 aliphatic carbocycles. The van der Waals surface area contributed by atoms with E-state index in [1.54, 1.807) is 102 Å². The number of hydrogen-bond donors (Lipinski definition) is 1. The van der Waals surface area contributed by atoms with E-state index in [0.717, 1.165) is 54.5 Å². The van der Waals surface area contributed by atoms with E-state index in [0.29, 0.717) is 46.7 Å². The molecular weight excluding hydrogens is 745 g/mol. The molecule has 5 aromatic rings. The molecule has 0 saturated carbocycles. The standard InChI is InChI=1S/C23H28N4O3.2C10H13NO3/c1-25-10-9-21(30-2)19(23(25)29)8-13-26-11-6-18(7-12-26)27-14-5-16-3-4-17(22(24)28)15-20(16)27;1-12-7-5-8-9(13-2)4-6-11-10(8)14-3;1-11-6-4-9(14-3)8(10(11)12)5-7-13-2/h3-5,9-10,14-15,18H,6-8,11-13H2,1-2H3,(H2,24,28);2*4-7H,1-3H3/b;2*7-5+. The maximum atomic E-state index is 12.5. The molecule has 0 radical (unpaired) electrons. The molecule has 58 heavy (non-hydrogen) atoms. The number of methoxy groups -OCH3 is 6. The second kappa shape index (κ2) is 21.7. The highest BCUT2D eigenvalue weighted by molar-refractivity contribution is 5.97. The van der Waals surface area contributed by atoms with Crippen LogP contribution in [-0.2, 0) is 30.0 Å². The average molecular weight is 799 g/mol. The highest BCUT2D eigenvalue weighted by atomic mass is 16.5. The van der Waals surface area contributed by atoms with Gasteiger partial charge in [0.15, 0.2) is 0 Å². The number of likely N-dealkylation sites (tertiary alicyclic amines) is 1. The highest BCUT2D eigenvalue weighted by Gasteiger charge is 2.22. The van der Waals surface area contributed by atoms with Crippen LogP contribution in [0.15, 0.2) is 89.4 Å². The van der Waals surface area contributed by atoms with Gasteiger partial charge >= 0.3 is 0 Å². The average Bonchev–Trinajstić information content (AvgIpc) is 3.68. The molecule has 0 unspecified atom stereocenters. The van der Waals surface area contributed by atoms with Crippen molar-refractivity contribution in [3.8, 4) is 23.1 Å². The quantitative estimate of drug-likeness (QED) is 0.159. The zero-order valence-corrected chi connectivity index (χ0v) is 34.5. The number of nitrogens with zero attached hydrogens (tertiary/aromatic N) is 5. The number of ether oxygens (including phenoxy) is 6. The van der Waals surface area contributed by atoms with Crippen molar-refractivity contribution in [3.63, 3.8) is 0 Å². The normalized spacial score (nSPS) is 13.0. The summed E-state index contributed by atoms with van der Waals surface area (Å²) in [5.74, 6) is 2.02. The number of pyridine rings is 3. The minimum atomic E-state index is -0.401. The van der Waals surface area contributed by atoms with Gasteiger partial charge in [-0.2, -0.15) is 0 Å². The van der Waals surface area contributed by atoms with Gasteiger partial charge in [-0.25, -0.2) is 4.98 Å². The number of primary amides is 1. The van der Waals surface area contributed by atoms with Gasteiger partial charge in [0, 0.05) is 75.6 Å². The maximum absolute atomic E-state index is 12.5. The summed E-state index contributed by atoms with van der Waals surface area (Å²) in [5, 5.41) is 1.12. The molecule has 4 aromatic heterocycles. The fraction of sp³-hybridized carbons (Fsp3) is 0.349. The fourth-order valence-electron chi connectivity index (χ4n) is 6.57. The number of amides is 1. The zero-order chi connectivity index (χ0) is 42.2. The summed E-state index contributed by atoms with van der Waals surface area (Å²) in [6.45, 7) is 2.77. The fourth-order valence-corrected chi connectivity index (χ4v) is 6.57. The molecule has 1 saturated heterocycles. The van der Waals surface area contributed by atoms with Gasteiger partial charge in [-0.15, -0.1) is 0 Å². The first kappa shape index (κ1) is 44.2. The number of aryl methyl sites for hydroxylation is 2. The lowest BCUT2D eigenvalue weighted by Crippen LogP contribution is -2.36. The van der Waals surface area contributed by atoms with Crippen LogP contribution in [0.2, 0.25) is 0 Å². The third kappa shape index (κ3) is 11.1. The largest absolute Gasteiger partial charge is 0.504 e. The Morgan fingerprint density at radius 3 is 1.97 bits per heavy atom. The van der Waals surface area contributed by atoms with Crippen molar-refractivity contribution >= 4 is 29.0 Å². The predicted octanol–water partition coefficient (Wildman–Crippen LogP) is 5.05. The van der Waals surface area contributed by atoms with Crippen molar-refractivity contribution in [1.29, 1.82) is 0 Å². The van der Waals surface area contributed by atoms with Gasteiger partial charge in [0.1, 0.15) is 17.2 Å². The lowest BCUT2D eigenvalue weighted by molar-refractivity contribution is 0.100. The van der Waals surface area contributed by atoms with Gasteiger partial charge in [-0.05, 0) is 73.2 Å². The highest BCUT2D eigenvalue weighted by Crippen LogP contribution is 2.29. The van der Waals surface area contributed by atoms with Crippen molar-refractivity contribution in [1.82, 2.24) is 23.6 Å². The van der Waals surface area contributed by atoms with Crippen LogP contribution in [0, 0.1) is 0 Å². The summed E-state index contributed by atoms with van der Waals surface area (Å²) in [5.41, 5.74) is 8.93. The third-order valence-electron chi connectivity index (χ3n) is 9.74. The van der Waals surface area contributed by atoms with Crippen LogP contribution in [0.1, 0.15) is 45.9 Å². The number of hydrogen-bond acceptors (Lipinski definition) is 11. The molecule has 6 rings (SSSR count). The molecule has 1 aliphatic rings. The number of piperidine rings is 1. The molecule has 15 heteroatoms. The molecule has 5 heterocycles. The number of carbonyl (C=O) groups is 1. The molecule has 1 aliphatic heterocycles. The van der Waals surface area contributed by atoms with E-state index in [1.165, 1.54) is 25.0 Å². The molecule has 1 fully saturated rings. The Labute approximate surface area is 338 Å². The van der Waals surface area contributed by atoms with E-state index in [2.05, 4.69) is 26.7 Å². The SMILES string of the molecule is CO/C=C/c1c(OC)ccn(C)c1=O.CO/C=C/c1c(OC)ccnc1OC.COc1ccn(C)c(=O)c1CCN1CCC(n2ccc3ccc(C(N)=O)cc32)CC1. The number of aromatic nitrogens is 4. The summed E-state index contributed by atoms with van der Waals surface area (Å²) in [4.78, 5) is 42.1. The molecule has 1 amide bonds. The number of carbonyl (C=O) groups excluding carboxylic acids is 1. The number of rotatable bonds is 13. The van der Waals surface area contributed by atoms with Crippen LogP contribution in [0.4, 0.5) is 0 Å². The molecular formula is C43H54N6O9. The second-order valence-electron chi connectivity index (χ2n) is 13.2. The second-order valence-corrected chi connectivity index (χ2v) is 13.2. The Kier molecular flexibility index (Phi) is 16.6. The first-order valence-corrected chi connectivity index (χ1v) is 18.6. The van der Waals surface area contributed by atoms with E-state index >= 15 is 0 Å². The Balaban J connectivity index is 0.000000221. The van der Waals surface area contributed by atoms with Crippen LogP contribution in [-0.4, -0.2) is 91.8 Å². The van der Waals surface area contributed by atoms with Crippen molar-refractivity contribution in [2.75, 3.05) is 62.3 Å². The predicted molar refractivity (Wildman–Crippen MR) is 225 cm³/mol. The van der Waals surface area contributed by atoms with Gasteiger partial charge < -0.3 is 52.8 Å². The smallest absolute Gasteiger partial charge is 0.261 e.